The molecule has 2 aromatic carbocycles. The van der Waals surface area contributed by atoms with Gasteiger partial charge in [0.05, 0.1) is 0 Å². The van der Waals surface area contributed by atoms with E-state index in [4.69, 9.17) is 14.7 Å². The Bertz CT molecular complexity index is 1010. The summed E-state index contributed by atoms with van der Waals surface area (Å²) in [5.41, 5.74) is 7.20. The molecule has 0 unspecified atom stereocenters. The van der Waals surface area contributed by atoms with Gasteiger partial charge in [-0.05, 0) is 36.8 Å². The number of hydrogen-bond acceptors (Lipinski definition) is 5. The van der Waals surface area contributed by atoms with Crippen LogP contribution in [0.1, 0.15) is 13.0 Å². The van der Waals surface area contributed by atoms with Crippen molar-refractivity contribution in [2.45, 2.75) is 25.8 Å². The van der Waals surface area contributed by atoms with Gasteiger partial charge in [0.2, 0.25) is 0 Å². The van der Waals surface area contributed by atoms with E-state index in [1.165, 1.54) is 12.1 Å². The summed E-state index contributed by atoms with van der Waals surface area (Å²) in [6, 6.07) is 16.7. The van der Waals surface area contributed by atoms with Crippen LogP contribution in [0.15, 0.2) is 78.0 Å². The van der Waals surface area contributed by atoms with E-state index in [9.17, 15) is 8.42 Å². The molecule has 1 heterocycles. The lowest BCUT2D eigenvalue weighted by molar-refractivity contribution is -0.697. The Labute approximate surface area is 189 Å². The zero-order valence-corrected chi connectivity index (χ0v) is 18.3. The number of benzene rings is 2. The van der Waals surface area contributed by atoms with Crippen LogP contribution in [0.3, 0.4) is 0 Å². The maximum absolute atomic E-state index is 12.4. The lowest BCUT2D eigenvalue weighted by Gasteiger charge is -2.10. The van der Waals surface area contributed by atoms with Gasteiger partial charge >= 0.3 is 10.1 Å². The van der Waals surface area contributed by atoms with Crippen molar-refractivity contribution in [3.05, 3.63) is 78.6 Å². The molecule has 3 rings (SSSR count). The molecule has 156 valence electrons. The molecule has 0 radical (unpaired) electrons. The second kappa shape index (κ2) is 11.0. The van der Waals surface area contributed by atoms with Crippen LogP contribution in [0.5, 0.6) is 11.5 Å². The first-order valence-electron chi connectivity index (χ1n) is 8.41. The highest BCUT2D eigenvalue weighted by Crippen LogP contribution is 2.25. The highest BCUT2D eigenvalue weighted by molar-refractivity contribution is 7.87. The second-order valence-electron chi connectivity index (χ2n) is 6.05. The number of aromatic nitrogens is 1. The average molecular weight is 528 g/mol. The molecule has 6 nitrogen and oxygen atoms in total. The standard InChI is InChI=1S/C20H20N2O4S.CH4.HI/c1-16-13-18(25-12-11-22-9-7-17(21)8-10-22)15-19(14-16)26-27(23,24)20-5-3-2-4-6-20;;/h2-10,13-15,21H,11-12H2,1H3;1H4;1H. The molecule has 0 aliphatic heterocycles. The number of nitrogen functional groups attached to an aromatic ring is 1. The van der Waals surface area contributed by atoms with E-state index in [0.29, 0.717) is 24.6 Å². The van der Waals surface area contributed by atoms with Crippen molar-refractivity contribution < 1.29 is 45.9 Å². The highest BCUT2D eigenvalue weighted by atomic mass is 127. The van der Waals surface area contributed by atoms with Crippen LogP contribution in [-0.2, 0) is 16.7 Å². The Hall–Kier alpha value is -2.33. The fourth-order valence-corrected chi connectivity index (χ4v) is 3.43. The molecule has 0 saturated carbocycles. The number of hydrogen-bond donors (Lipinski definition) is 1. The predicted molar refractivity (Wildman–Crippen MR) is 109 cm³/mol. The summed E-state index contributed by atoms with van der Waals surface area (Å²) >= 11 is 0. The van der Waals surface area contributed by atoms with Crippen LogP contribution in [-0.4, -0.2) is 15.0 Å². The van der Waals surface area contributed by atoms with E-state index < -0.39 is 10.1 Å². The summed E-state index contributed by atoms with van der Waals surface area (Å²) in [5, 5.41) is 0. The van der Waals surface area contributed by atoms with E-state index in [2.05, 4.69) is 0 Å². The fourth-order valence-electron chi connectivity index (χ4n) is 2.49. The molecule has 0 saturated heterocycles. The normalized spacial score (nSPS) is 10.4. The molecule has 0 atom stereocenters. The van der Waals surface area contributed by atoms with Gasteiger partial charge in [-0.1, -0.05) is 25.6 Å². The molecule has 1 aromatic heterocycles. The van der Waals surface area contributed by atoms with E-state index >= 15 is 0 Å². The fraction of sp³-hybridized carbons (Fsp3) is 0.190. The van der Waals surface area contributed by atoms with E-state index in [0.717, 1.165) is 5.56 Å². The van der Waals surface area contributed by atoms with Crippen LogP contribution in [0.25, 0.3) is 0 Å². The van der Waals surface area contributed by atoms with Gasteiger partial charge in [-0.2, -0.15) is 8.42 Å². The van der Waals surface area contributed by atoms with Gasteiger partial charge < -0.3 is 38.6 Å². The van der Waals surface area contributed by atoms with Crippen molar-refractivity contribution in [1.82, 2.24) is 0 Å². The van der Waals surface area contributed by atoms with Gasteiger partial charge in [0.1, 0.15) is 23.0 Å². The van der Waals surface area contributed by atoms with Gasteiger partial charge in [-0.3, -0.25) is 0 Å². The Morgan fingerprint density at radius 2 is 1.59 bits per heavy atom. The Morgan fingerprint density at radius 3 is 2.24 bits per heavy atom. The lowest BCUT2D eigenvalue weighted by atomic mass is 10.2. The molecule has 0 aliphatic carbocycles. The quantitative estimate of drug-likeness (QED) is 0.272. The first-order chi connectivity index (χ1) is 12.9. The second-order valence-corrected chi connectivity index (χ2v) is 7.60. The number of pyridine rings is 1. The minimum absolute atomic E-state index is 0. The van der Waals surface area contributed by atoms with Crippen molar-refractivity contribution >= 4 is 15.8 Å². The third kappa shape index (κ3) is 7.21. The van der Waals surface area contributed by atoms with Gasteiger partial charge in [0.25, 0.3) is 0 Å². The average Bonchev–Trinajstić information content (AvgIpc) is 2.63. The molecule has 0 amide bonds. The van der Waals surface area contributed by atoms with Crippen LogP contribution >= 0.6 is 0 Å². The van der Waals surface area contributed by atoms with Gasteiger partial charge in [0, 0.05) is 23.9 Å². The lowest BCUT2D eigenvalue weighted by Crippen LogP contribution is -3.00. The maximum Gasteiger partial charge on any atom is 0.339 e. The summed E-state index contributed by atoms with van der Waals surface area (Å²) in [6.07, 6.45) is 3.74. The van der Waals surface area contributed by atoms with Crippen molar-refractivity contribution in [2.75, 3.05) is 12.3 Å². The summed E-state index contributed by atoms with van der Waals surface area (Å²) in [4.78, 5) is 0.105. The van der Waals surface area contributed by atoms with Gasteiger partial charge in [-0.15, -0.1) is 0 Å². The van der Waals surface area contributed by atoms with Gasteiger partial charge in [0.15, 0.2) is 18.9 Å². The van der Waals surface area contributed by atoms with Crippen LogP contribution in [0, 0.1) is 6.92 Å². The molecule has 29 heavy (non-hydrogen) atoms. The molecule has 0 aliphatic rings. The minimum atomic E-state index is -3.89. The number of anilines is 1. The Balaban J connectivity index is 0.00000210. The number of nitrogens with two attached hydrogens (primary N) is 1. The molecule has 3 aromatic rings. The van der Waals surface area contributed by atoms with Gasteiger partial charge in [-0.25, -0.2) is 4.57 Å². The predicted octanol–water partition coefficient (Wildman–Crippen LogP) is 0.352. The smallest absolute Gasteiger partial charge is 0.339 e. The number of ether oxygens (including phenoxy) is 1. The first kappa shape index (κ1) is 24.7. The van der Waals surface area contributed by atoms with Crippen molar-refractivity contribution in [2.24, 2.45) is 0 Å². The summed E-state index contributed by atoms with van der Waals surface area (Å²) in [6.45, 7) is 2.90. The third-order valence-corrected chi connectivity index (χ3v) is 5.06. The molecular formula is C21H25IN2O4S. The minimum Gasteiger partial charge on any atom is -1.00 e. The van der Waals surface area contributed by atoms with E-state index in [1.807, 2.05) is 42.1 Å². The maximum atomic E-state index is 12.4. The largest absolute Gasteiger partial charge is 1.00 e. The van der Waals surface area contributed by atoms with Crippen LogP contribution < -0.4 is 43.2 Å². The Kier molecular flexibility index (Phi) is 9.38. The molecule has 0 bridgehead atoms. The van der Waals surface area contributed by atoms with Crippen LogP contribution in [0.2, 0.25) is 0 Å². The number of halogens is 1. The monoisotopic (exact) mass is 528 g/mol. The first-order valence-corrected chi connectivity index (χ1v) is 9.82. The zero-order valence-electron chi connectivity index (χ0n) is 15.3. The summed E-state index contributed by atoms with van der Waals surface area (Å²) < 4.78 is 37.7. The van der Waals surface area contributed by atoms with E-state index in [-0.39, 0.29) is 42.0 Å². The highest BCUT2D eigenvalue weighted by Gasteiger charge is 2.16. The summed E-state index contributed by atoms with van der Waals surface area (Å²) in [5.74, 6) is 0.762. The van der Waals surface area contributed by atoms with Crippen molar-refractivity contribution in [3.8, 4) is 11.5 Å². The topological polar surface area (TPSA) is 82.5 Å². The number of nitrogens with zero attached hydrogens (tertiary/aromatic N) is 1. The molecule has 8 heteroatoms. The molecule has 2 N–H and O–H groups in total. The SMILES string of the molecule is C.Cc1cc(OCC[n+]2ccc(N)cc2)cc(OS(=O)(=O)c2ccccc2)c1.[I-]. The zero-order chi connectivity index (χ0) is 19.3. The number of aryl methyl sites for hydroxylation is 1. The Morgan fingerprint density at radius 1 is 0.966 bits per heavy atom. The van der Waals surface area contributed by atoms with Crippen molar-refractivity contribution in [3.63, 3.8) is 0 Å². The van der Waals surface area contributed by atoms with Crippen LogP contribution in [0.4, 0.5) is 5.69 Å². The number of rotatable bonds is 7. The third-order valence-electron chi connectivity index (χ3n) is 3.80. The van der Waals surface area contributed by atoms with E-state index in [1.54, 1.807) is 30.3 Å². The molecule has 0 spiro atoms. The van der Waals surface area contributed by atoms with Crippen molar-refractivity contribution in [1.29, 1.82) is 0 Å². The molecule has 0 fully saturated rings. The molecular weight excluding hydrogens is 503 g/mol. The summed E-state index contributed by atoms with van der Waals surface area (Å²) in [7, 11) is -3.89.